The zero-order valence-electron chi connectivity index (χ0n) is 16.3. The van der Waals surface area contributed by atoms with Gasteiger partial charge < -0.3 is 15.3 Å². The molecule has 0 radical (unpaired) electrons. The quantitative estimate of drug-likeness (QED) is 0.804. The fourth-order valence-electron chi connectivity index (χ4n) is 3.94. The van der Waals surface area contributed by atoms with Crippen LogP contribution in [0.2, 0.25) is 0 Å². The number of urea groups is 1. The predicted octanol–water partition coefficient (Wildman–Crippen LogP) is 3.73. The molecule has 0 atom stereocenters. The number of rotatable bonds is 6. The van der Waals surface area contributed by atoms with Crippen molar-refractivity contribution in [2.45, 2.75) is 50.9 Å². The minimum Gasteiger partial charge on any atom is -0.508 e. The molecule has 0 bridgehead atoms. The van der Waals surface area contributed by atoms with Crippen LogP contribution in [-0.4, -0.2) is 46.1 Å². The molecule has 5 heteroatoms. The van der Waals surface area contributed by atoms with Gasteiger partial charge in [0.25, 0.3) is 0 Å². The first kappa shape index (κ1) is 18.8. The van der Waals surface area contributed by atoms with Crippen molar-refractivity contribution in [3.63, 3.8) is 0 Å². The van der Waals surface area contributed by atoms with Gasteiger partial charge in [-0.1, -0.05) is 42.5 Å². The summed E-state index contributed by atoms with van der Waals surface area (Å²) in [6.45, 7) is 3.55. The van der Waals surface area contributed by atoms with Gasteiger partial charge in [-0.05, 0) is 48.9 Å². The molecule has 5 nitrogen and oxygen atoms in total. The second-order valence-corrected chi connectivity index (χ2v) is 8.01. The fraction of sp³-hybridized carbons (Fsp3) is 0.435. The molecule has 1 aliphatic carbocycles. The fourth-order valence-corrected chi connectivity index (χ4v) is 3.94. The Kier molecular flexibility index (Phi) is 5.81. The summed E-state index contributed by atoms with van der Waals surface area (Å²) >= 11 is 0. The van der Waals surface area contributed by atoms with Crippen LogP contribution in [0.15, 0.2) is 54.6 Å². The Morgan fingerprint density at radius 2 is 1.71 bits per heavy atom. The van der Waals surface area contributed by atoms with Crippen LogP contribution in [-0.2, 0) is 13.1 Å². The molecule has 0 spiro atoms. The zero-order valence-corrected chi connectivity index (χ0v) is 16.3. The van der Waals surface area contributed by atoms with Gasteiger partial charge in [-0.25, -0.2) is 4.79 Å². The van der Waals surface area contributed by atoms with Crippen LogP contribution < -0.4 is 5.32 Å². The van der Waals surface area contributed by atoms with E-state index in [-0.39, 0.29) is 17.8 Å². The molecule has 28 heavy (non-hydrogen) atoms. The number of likely N-dealkylation sites (tertiary alicyclic amines) is 1. The van der Waals surface area contributed by atoms with E-state index in [1.165, 1.54) is 5.56 Å². The molecule has 2 aliphatic rings. The van der Waals surface area contributed by atoms with E-state index < -0.39 is 0 Å². The SMILES string of the molecule is O=C(NC1CCN(Cc2ccccc2)CC1)N(Cc1cccc(O)c1)C1CC1. The number of phenols is 1. The van der Waals surface area contributed by atoms with Crippen LogP contribution in [0.1, 0.15) is 36.8 Å². The normalized spacial score (nSPS) is 18.0. The maximum atomic E-state index is 12.9. The van der Waals surface area contributed by atoms with E-state index in [2.05, 4.69) is 34.5 Å². The average molecular weight is 380 g/mol. The van der Waals surface area contributed by atoms with E-state index in [0.717, 1.165) is 50.9 Å². The van der Waals surface area contributed by atoms with Gasteiger partial charge in [0.05, 0.1) is 0 Å². The molecule has 2 aromatic rings. The standard InChI is InChI=1S/C23H29N3O2/c27-22-8-4-7-19(15-22)17-26(21-9-10-21)23(28)24-20-11-13-25(14-12-20)16-18-5-2-1-3-6-18/h1-8,15,20-21,27H,9-14,16-17H2,(H,24,28). The Morgan fingerprint density at radius 3 is 2.39 bits per heavy atom. The summed E-state index contributed by atoms with van der Waals surface area (Å²) in [5, 5.41) is 12.9. The lowest BCUT2D eigenvalue weighted by atomic mass is 10.0. The smallest absolute Gasteiger partial charge is 0.318 e. The number of hydrogen-bond donors (Lipinski definition) is 2. The van der Waals surface area contributed by atoms with Crippen LogP contribution in [0.5, 0.6) is 5.75 Å². The van der Waals surface area contributed by atoms with Gasteiger partial charge in [0.1, 0.15) is 5.75 Å². The monoisotopic (exact) mass is 379 g/mol. The van der Waals surface area contributed by atoms with Gasteiger partial charge >= 0.3 is 6.03 Å². The maximum absolute atomic E-state index is 12.9. The Bertz CT molecular complexity index is 783. The highest BCUT2D eigenvalue weighted by atomic mass is 16.3. The topological polar surface area (TPSA) is 55.8 Å². The van der Waals surface area contributed by atoms with Crippen LogP contribution in [0.25, 0.3) is 0 Å². The summed E-state index contributed by atoms with van der Waals surface area (Å²) in [7, 11) is 0. The molecule has 2 N–H and O–H groups in total. The van der Waals surface area contributed by atoms with E-state index in [1.807, 2.05) is 23.1 Å². The minimum atomic E-state index is 0.0346. The molecule has 2 fully saturated rings. The molecule has 4 rings (SSSR count). The highest BCUT2D eigenvalue weighted by Gasteiger charge is 2.34. The number of carbonyl (C=O) groups excluding carboxylic acids is 1. The molecule has 0 unspecified atom stereocenters. The van der Waals surface area contributed by atoms with Crippen LogP contribution >= 0.6 is 0 Å². The van der Waals surface area contributed by atoms with Gasteiger partial charge in [-0.2, -0.15) is 0 Å². The van der Waals surface area contributed by atoms with Crippen molar-refractivity contribution in [2.24, 2.45) is 0 Å². The number of piperidine rings is 1. The molecule has 1 heterocycles. The molecule has 2 aromatic carbocycles. The van der Waals surface area contributed by atoms with Gasteiger partial charge in [-0.15, -0.1) is 0 Å². The van der Waals surface area contributed by atoms with E-state index in [9.17, 15) is 9.90 Å². The number of phenolic OH excluding ortho intramolecular Hbond substituents is 1. The molecule has 1 aliphatic heterocycles. The summed E-state index contributed by atoms with van der Waals surface area (Å²) in [4.78, 5) is 17.3. The molecule has 1 saturated heterocycles. The Balaban J connectivity index is 1.28. The van der Waals surface area contributed by atoms with Crippen LogP contribution in [0, 0.1) is 0 Å². The third kappa shape index (κ3) is 5.04. The predicted molar refractivity (Wildman–Crippen MR) is 110 cm³/mol. The van der Waals surface area contributed by atoms with Crippen molar-refractivity contribution in [3.8, 4) is 5.75 Å². The van der Waals surface area contributed by atoms with Gasteiger partial charge in [0, 0.05) is 38.3 Å². The summed E-state index contributed by atoms with van der Waals surface area (Å²) < 4.78 is 0. The first-order valence-corrected chi connectivity index (χ1v) is 10.3. The number of nitrogens with zero attached hydrogens (tertiary/aromatic N) is 2. The maximum Gasteiger partial charge on any atom is 0.318 e. The third-order valence-electron chi connectivity index (χ3n) is 5.68. The highest BCUT2D eigenvalue weighted by Crippen LogP contribution is 2.29. The first-order chi connectivity index (χ1) is 13.7. The van der Waals surface area contributed by atoms with Crippen molar-refractivity contribution < 1.29 is 9.90 Å². The Labute approximate surface area is 167 Å². The van der Waals surface area contributed by atoms with E-state index in [4.69, 9.17) is 0 Å². The number of benzene rings is 2. The van der Waals surface area contributed by atoms with Crippen LogP contribution in [0.4, 0.5) is 4.79 Å². The molecular formula is C23H29N3O2. The lowest BCUT2D eigenvalue weighted by Gasteiger charge is -2.34. The summed E-state index contributed by atoms with van der Waals surface area (Å²) in [5.74, 6) is 0.249. The first-order valence-electron chi connectivity index (χ1n) is 10.3. The number of nitrogens with one attached hydrogen (secondary N) is 1. The lowest BCUT2D eigenvalue weighted by molar-refractivity contribution is 0.165. The highest BCUT2D eigenvalue weighted by molar-refractivity contribution is 5.75. The lowest BCUT2D eigenvalue weighted by Crippen LogP contribution is -2.49. The molecule has 148 valence electrons. The largest absolute Gasteiger partial charge is 0.508 e. The third-order valence-corrected chi connectivity index (χ3v) is 5.68. The molecular weight excluding hydrogens is 350 g/mol. The molecule has 1 saturated carbocycles. The average Bonchev–Trinajstić information content (AvgIpc) is 3.53. The Hall–Kier alpha value is -2.53. The Morgan fingerprint density at radius 1 is 1.00 bits per heavy atom. The molecule has 2 amide bonds. The second-order valence-electron chi connectivity index (χ2n) is 8.01. The number of hydrogen-bond acceptors (Lipinski definition) is 3. The van der Waals surface area contributed by atoms with Crippen molar-refractivity contribution in [2.75, 3.05) is 13.1 Å². The molecule has 0 aromatic heterocycles. The van der Waals surface area contributed by atoms with Crippen molar-refractivity contribution in [1.82, 2.24) is 15.1 Å². The van der Waals surface area contributed by atoms with E-state index in [0.29, 0.717) is 12.6 Å². The number of amides is 2. The minimum absolute atomic E-state index is 0.0346. The summed E-state index contributed by atoms with van der Waals surface area (Å²) in [5.41, 5.74) is 2.32. The second kappa shape index (κ2) is 8.65. The van der Waals surface area contributed by atoms with E-state index >= 15 is 0 Å². The van der Waals surface area contributed by atoms with Crippen LogP contribution in [0.3, 0.4) is 0 Å². The number of aromatic hydroxyl groups is 1. The summed E-state index contributed by atoms with van der Waals surface area (Å²) in [6, 6.07) is 18.4. The van der Waals surface area contributed by atoms with Gasteiger partial charge in [0.15, 0.2) is 0 Å². The van der Waals surface area contributed by atoms with Crippen molar-refractivity contribution >= 4 is 6.03 Å². The van der Waals surface area contributed by atoms with Crippen molar-refractivity contribution in [1.29, 1.82) is 0 Å². The summed E-state index contributed by atoms with van der Waals surface area (Å²) in [6.07, 6.45) is 4.12. The van der Waals surface area contributed by atoms with Gasteiger partial charge in [0.2, 0.25) is 0 Å². The van der Waals surface area contributed by atoms with Crippen molar-refractivity contribution in [3.05, 3.63) is 65.7 Å². The number of carbonyl (C=O) groups is 1. The van der Waals surface area contributed by atoms with Gasteiger partial charge in [-0.3, -0.25) is 4.90 Å². The zero-order chi connectivity index (χ0) is 19.3. The van der Waals surface area contributed by atoms with E-state index in [1.54, 1.807) is 12.1 Å².